The maximum atomic E-state index is 5.82. The lowest BCUT2D eigenvalue weighted by Gasteiger charge is -2.17. The molecule has 0 aliphatic carbocycles. The van der Waals surface area contributed by atoms with Gasteiger partial charge in [0.2, 0.25) is 5.88 Å². The van der Waals surface area contributed by atoms with Gasteiger partial charge in [-0.05, 0) is 17.7 Å². The number of hydrogen-bond acceptors (Lipinski definition) is 5. The minimum absolute atomic E-state index is 0.173. The van der Waals surface area contributed by atoms with Gasteiger partial charge in [0.05, 0.1) is 7.11 Å². The van der Waals surface area contributed by atoms with Gasteiger partial charge in [-0.25, -0.2) is 4.98 Å². The molecule has 1 aromatic carbocycles. The summed E-state index contributed by atoms with van der Waals surface area (Å²) in [7, 11) is 1.64. The number of aromatic nitrogens is 2. The average Bonchev–Trinajstić information content (AvgIpc) is 2.44. The predicted molar refractivity (Wildman–Crippen MR) is 82.5 cm³/mol. The zero-order valence-electron chi connectivity index (χ0n) is 12.9. The highest BCUT2D eigenvalue weighted by molar-refractivity contribution is 5.34. The Hall–Kier alpha value is -2.30. The Morgan fingerprint density at radius 2 is 1.76 bits per heavy atom. The van der Waals surface area contributed by atoms with E-state index in [0.717, 1.165) is 11.3 Å². The van der Waals surface area contributed by atoms with E-state index in [1.807, 2.05) is 45.0 Å². The van der Waals surface area contributed by atoms with Gasteiger partial charge < -0.3 is 15.2 Å². The minimum Gasteiger partial charge on any atom is -0.497 e. The maximum Gasteiger partial charge on any atom is 0.219 e. The zero-order chi connectivity index (χ0) is 15.5. The van der Waals surface area contributed by atoms with Gasteiger partial charge in [0, 0.05) is 11.5 Å². The zero-order valence-corrected chi connectivity index (χ0v) is 12.9. The van der Waals surface area contributed by atoms with Crippen molar-refractivity contribution in [3.63, 3.8) is 0 Å². The number of rotatable bonds is 4. The number of nitrogen functional groups attached to an aromatic ring is 1. The smallest absolute Gasteiger partial charge is 0.219 e. The number of methoxy groups -OCH3 is 1. The molecule has 0 bridgehead atoms. The fourth-order valence-electron chi connectivity index (χ4n) is 1.73. The van der Waals surface area contributed by atoms with Gasteiger partial charge in [0.1, 0.15) is 24.0 Å². The van der Waals surface area contributed by atoms with Gasteiger partial charge in [-0.3, -0.25) is 0 Å². The van der Waals surface area contributed by atoms with Crippen molar-refractivity contribution in [1.82, 2.24) is 9.97 Å². The Bertz CT molecular complexity index is 604. The Morgan fingerprint density at radius 1 is 1.10 bits per heavy atom. The lowest BCUT2D eigenvalue weighted by molar-refractivity contribution is 0.290. The molecular weight excluding hydrogens is 266 g/mol. The molecule has 2 N–H and O–H groups in total. The van der Waals surface area contributed by atoms with Crippen molar-refractivity contribution in [2.24, 2.45) is 0 Å². The van der Waals surface area contributed by atoms with Crippen molar-refractivity contribution in [1.29, 1.82) is 0 Å². The van der Waals surface area contributed by atoms with Crippen molar-refractivity contribution in [3.05, 3.63) is 41.7 Å². The molecule has 1 heterocycles. The Morgan fingerprint density at radius 3 is 2.33 bits per heavy atom. The van der Waals surface area contributed by atoms with Gasteiger partial charge in [0.15, 0.2) is 0 Å². The Kier molecular flexibility index (Phi) is 4.31. The molecule has 0 saturated heterocycles. The van der Waals surface area contributed by atoms with Gasteiger partial charge >= 0.3 is 0 Å². The summed E-state index contributed by atoms with van der Waals surface area (Å²) in [6.07, 6.45) is 0. The number of nitrogens with zero attached hydrogens (tertiary/aromatic N) is 2. The number of hydrogen-bond donors (Lipinski definition) is 1. The van der Waals surface area contributed by atoms with Gasteiger partial charge in [-0.2, -0.15) is 4.98 Å². The highest BCUT2D eigenvalue weighted by Crippen LogP contribution is 2.22. The Labute approximate surface area is 125 Å². The van der Waals surface area contributed by atoms with E-state index in [4.69, 9.17) is 15.2 Å². The molecule has 0 atom stereocenters. The molecule has 0 saturated carbocycles. The lowest BCUT2D eigenvalue weighted by atomic mass is 9.96. The molecule has 21 heavy (non-hydrogen) atoms. The van der Waals surface area contributed by atoms with Gasteiger partial charge in [0.25, 0.3) is 0 Å². The number of ether oxygens (including phenoxy) is 2. The normalized spacial score (nSPS) is 11.2. The maximum absolute atomic E-state index is 5.82. The second kappa shape index (κ2) is 5.99. The summed E-state index contributed by atoms with van der Waals surface area (Å²) in [5.74, 6) is 2.40. The lowest BCUT2D eigenvalue weighted by Crippen LogP contribution is -2.17. The molecule has 5 heteroatoms. The first-order valence-electron chi connectivity index (χ1n) is 6.79. The van der Waals surface area contributed by atoms with Crippen molar-refractivity contribution in [2.75, 3.05) is 12.8 Å². The van der Waals surface area contributed by atoms with E-state index in [1.165, 1.54) is 0 Å². The molecule has 0 unspecified atom stereocenters. The first-order chi connectivity index (χ1) is 9.88. The third-order valence-electron chi connectivity index (χ3n) is 2.94. The fourth-order valence-corrected chi connectivity index (χ4v) is 1.73. The average molecular weight is 287 g/mol. The van der Waals surface area contributed by atoms with Gasteiger partial charge in [-0.15, -0.1) is 0 Å². The van der Waals surface area contributed by atoms with Crippen molar-refractivity contribution < 1.29 is 9.47 Å². The summed E-state index contributed by atoms with van der Waals surface area (Å²) in [4.78, 5) is 8.67. The molecule has 2 rings (SSSR count). The Balaban J connectivity index is 2.10. The van der Waals surface area contributed by atoms with Crippen LogP contribution in [0.4, 0.5) is 5.82 Å². The van der Waals surface area contributed by atoms with Crippen molar-refractivity contribution in [3.8, 4) is 11.6 Å². The van der Waals surface area contributed by atoms with Crippen LogP contribution in [0, 0.1) is 0 Å². The predicted octanol–water partition coefficient (Wildman–Crippen LogP) is 2.94. The number of anilines is 1. The molecule has 0 spiro atoms. The first-order valence-corrected chi connectivity index (χ1v) is 6.79. The molecule has 1 aromatic heterocycles. The van der Waals surface area contributed by atoms with E-state index >= 15 is 0 Å². The van der Waals surface area contributed by atoms with Crippen LogP contribution in [0.15, 0.2) is 30.3 Å². The fraction of sp³-hybridized carbons (Fsp3) is 0.375. The molecule has 112 valence electrons. The first kappa shape index (κ1) is 15.1. The summed E-state index contributed by atoms with van der Waals surface area (Å²) in [6, 6.07) is 9.34. The quantitative estimate of drug-likeness (QED) is 0.936. The van der Waals surface area contributed by atoms with E-state index in [0.29, 0.717) is 24.1 Å². The van der Waals surface area contributed by atoms with Crippen LogP contribution in [0.25, 0.3) is 0 Å². The molecule has 0 radical (unpaired) electrons. The van der Waals surface area contributed by atoms with E-state index in [1.54, 1.807) is 13.2 Å². The summed E-state index contributed by atoms with van der Waals surface area (Å²) in [5, 5.41) is 0. The minimum atomic E-state index is -0.173. The van der Waals surface area contributed by atoms with E-state index in [9.17, 15) is 0 Å². The third kappa shape index (κ3) is 4.08. The monoisotopic (exact) mass is 287 g/mol. The summed E-state index contributed by atoms with van der Waals surface area (Å²) in [5.41, 5.74) is 6.67. The second-order valence-electron chi connectivity index (χ2n) is 5.84. The molecule has 2 aromatic rings. The molecule has 0 amide bonds. The highest BCUT2D eigenvalue weighted by atomic mass is 16.5. The summed E-state index contributed by atoms with van der Waals surface area (Å²) >= 11 is 0. The van der Waals surface area contributed by atoms with Crippen LogP contribution in [0.2, 0.25) is 0 Å². The van der Waals surface area contributed by atoms with E-state index < -0.39 is 0 Å². The molecule has 0 aliphatic heterocycles. The SMILES string of the molecule is COc1ccc(COc2cc(N)nc(C(C)(C)C)n2)cc1. The van der Waals surface area contributed by atoms with Crippen molar-refractivity contribution in [2.45, 2.75) is 32.8 Å². The largest absolute Gasteiger partial charge is 0.497 e. The third-order valence-corrected chi connectivity index (χ3v) is 2.94. The molecule has 0 aliphatic rings. The molecular formula is C16H21N3O2. The van der Waals surface area contributed by atoms with Crippen LogP contribution in [-0.4, -0.2) is 17.1 Å². The van der Waals surface area contributed by atoms with Crippen LogP contribution >= 0.6 is 0 Å². The standard InChI is InChI=1S/C16H21N3O2/c1-16(2,3)15-18-13(17)9-14(19-15)21-10-11-5-7-12(20-4)8-6-11/h5-9H,10H2,1-4H3,(H2,17,18,19). The van der Waals surface area contributed by atoms with Crippen LogP contribution in [-0.2, 0) is 12.0 Å². The summed E-state index contributed by atoms with van der Waals surface area (Å²) < 4.78 is 10.8. The topological polar surface area (TPSA) is 70.3 Å². The van der Waals surface area contributed by atoms with E-state index in [-0.39, 0.29) is 5.41 Å². The molecule has 0 fully saturated rings. The number of nitrogens with two attached hydrogens (primary N) is 1. The van der Waals surface area contributed by atoms with Crippen LogP contribution in [0.5, 0.6) is 11.6 Å². The van der Waals surface area contributed by atoms with Crippen LogP contribution < -0.4 is 15.2 Å². The number of benzene rings is 1. The van der Waals surface area contributed by atoms with E-state index in [2.05, 4.69) is 9.97 Å². The molecule has 5 nitrogen and oxygen atoms in total. The van der Waals surface area contributed by atoms with Crippen LogP contribution in [0.3, 0.4) is 0 Å². The second-order valence-corrected chi connectivity index (χ2v) is 5.84. The summed E-state index contributed by atoms with van der Waals surface area (Å²) in [6.45, 7) is 6.53. The highest BCUT2D eigenvalue weighted by Gasteiger charge is 2.19. The van der Waals surface area contributed by atoms with Crippen molar-refractivity contribution >= 4 is 5.82 Å². The van der Waals surface area contributed by atoms with Gasteiger partial charge in [-0.1, -0.05) is 32.9 Å². The van der Waals surface area contributed by atoms with Crippen LogP contribution in [0.1, 0.15) is 32.2 Å².